The summed E-state index contributed by atoms with van der Waals surface area (Å²) in [6.07, 6.45) is 0.358. The Hall–Kier alpha value is -1.63. The van der Waals surface area contributed by atoms with E-state index in [1.54, 1.807) is 0 Å². The predicted molar refractivity (Wildman–Crippen MR) is 54.6 cm³/mol. The first-order valence-electron chi connectivity index (χ1n) is 5.19. The fourth-order valence-corrected chi connectivity index (χ4v) is 1.04. The molecule has 1 unspecified atom stereocenters. The van der Waals surface area contributed by atoms with Crippen molar-refractivity contribution in [1.82, 2.24) is 0 Å². The van der Waals surface area contributed by atoms with Gasteiger partial charge in [0.1, 0.15) is 6.61 Å². The number of hydrogen-bond donors (Lipinski definition) is 1. The van der Waals surface area contributed by atoms with Crippen LogP contribution in [0.2, 0.25) is 0 Å². The van der Waals surface area contributed by atoms with Gasteiger partial charge in [-0.15, -0.1) is 0 Å². The van der Waals surface area contributed by atoms with Gasteiger partial charge in [0.15, 0.2) is 0 Å². The topological polar surface area (TPSA) is 99.1 Å². The first kappa shape index (κ1) is 15.4. The molecule has 0 spiro atoms. The number of ether oxygens (including phenoxy) is 3. The molecule has 7 nitrogen and oxygen atoms in total. The molecule has 0 aliphatic heterocycles. The molecule has 0 amide bonds. The first-order chi connectivity index (χ1) is 8.24. The van der Waals surface area contributed by atoms with Crippen LogP contribution in [0.5, 0.6) is 0 Å². The minimum Gasteiger partial charge on any atom is -0.467 e. The molecule has 0 heterocycles. The van der Waals surface area contributed by atoms with Crippen molar-refractivity contribution in [2.75, 3.05) is 13.2 Å². The van der Waals surface area contributed by atoms with Gasteiger partial charge in [-0.05, 0) is 12.8 Å². The Bertz CT molecular complexity index is 229. The quantitative estimate of drug-likeness (QED) is 0.233. The molecule has 17 heavy (non-hydrogen) atoms. The van der Waals surface area contributed by atoms with E-state index in [-0.39, 0.29) is 32.6 Å². The number of unbranched alkanes of at least 4 members (excludes halogenated alkanes) is 1. The van der Waals surface area contributed by atoms with Crippen molar-refractivity contribution >= 4 is 18.9 Å². The Morgan fingerprint density at radius 1 is 1.24 bits per heavy atom. The van der Waals surface area contributed by atoms with E-state index in [9.17, 15) is 14.4 Å². The van der Waals surface area contributed by atoms with Crippen LogP contribution in [0, 0.1) is 0 Å². The van der Waals surface area contributed by atoms with Crippen LogP contribution in [0.1, 0.15) is 25.7 Å². The second kappa shape index (κ2) is 10.9. The lowest BCUT2D eigenvalue weighted by Crippen LogP contribution is -2.22. The highest BCUT2D eigenvalue weighted by Crippen LogP contribution is 2.07. The highest BCUT2D eigenvalue weighted by atomic mass is 16.7. The van der Waals surface area contributed by atoms with Crippen LogP contribution in [0.3, 0.4) is 0 Å². The molecule has 7 heteroatoms. The molecule has 1 N–H and O–H groups in total. The summed E-state index contributed by atoms with van der Waals surface area (Å²) in [6, 6.07) is 0. The lowest BCUT2D eigenvalue weighted by Gasteiger charge is -2.15. The van der Waals surface area contributed by atoms with Gasteiger partial charge in [0.25, 0.3) is 12.9 Å². The van der Waals surface area contributed by atoms with E-state index < -0.39 is 12.3 Å². The zero-order valence-corrected chi connectivity index (χ0v) is 9.37. The van der Waals surface area contributed by atoms with Crippen LogP contribution in [0.25, 0.3) is 0 Å². The summed E-state index contributed by atoms with van der Waals surface area (Å²) in [5, 5.41) is 8.57. The first-order valence-corrected chi connectivity index (χ1v) is 5.19. The van der Waals surface area contributed by atoms with E-state index in [0.717, 1.165) is 0 Å². The largest absolute Gasteiger partial charge is 0.467 e. The van der Waals surface area contributed by atoms with Gasteiger partial charge in [-0.2, -0.15) is 0 Å². The predicted octanol–water partition coefficient (Wildman–Crippen LogP) is -0.246. The molecule has 0 aromatic heterocycles. The normalized spacial score (nSPS) is 11.4. The fraction of sp³-hybridized carbons (Fsp3) is 0.700. The molecule has 0 saturated carbocycles. The fourth-order valence-electron chi connectivity index (χ4n) is 1.04. The zero-order valence-electron chi connectivity index (χ0n) is 9.37. The molecule has 1 atom stereocenters. The standard InChI is InChI=1S/C10H16O7/c11-5-2-1-3-10(16-8-13)17-9(14)4-6-15-7-12/h7-8,10-11H,1-6H2. The summed E-state index contributed by atoms with van der Waals surface area (Å²) < 4.78 is 13.7. The highest BCUT2D eigenvalue weighted by molar-refractivity contribution is 5.69. The second-order valence-electron chi connectivity index (χ2n) is 3.09. The molecular weight excluding hydrogens is 232 g/mol. The molecule has 0 aromatic carbocycles. The van der Waals surface area contributed by atoms with Crippen molar-refractivity contribution < 1.29 is 33.7 Å². The number of carbonyl (C=O) groups is 3. The maximum Gasteiger partial charge on any atom is 0.312 e. The number of rotatable bonds is 11. The Morgan fingerprint density at radius 3 is 2.59 bits per heavy atom. The molecule has 0 aromatic rings. The maximum atomic E-state index is 11.2. The molecule has 0 bridgehead atoms. The lowest BCUT2D eigenvalue weighted by molar-refractivity contribution is -0.181. The molecule has 0 aliphatic carbocycles. The third kappa shape index (κ3) is 9.31. The molecule has 0 fully saturated rings. The van der Waals surface area contributed by atoms with E-state index >= 15 is 0 Å². The third-order valence-corrected chi connectivity index (χ3v) is 1.81. The van der Waals surface area contributed by atoms with Crippen molar-refractivity contribution in [3.05, 3.63) is 0 Å². The van der Waals surface area contributed by atoms with Crippen LogP contribution >= 0.6 is 0 Å². The summed E-state index contributed by atoms with van der Waals surface area (Å²) in [6.45, 7) is 0.370. The monoisotopic (exact) mass is 248 g/mol. The van der Waals surface area contributed by atoms with Gasteiger partial charge in [0.2, 0.25) is 6.29 Å². The summed E-state index contributed by atoms with van der Waals surface area (Å²) in [7, 11) is 0. The van der Waals surface area contributed by atoms with Crippen molar-refractivity contribution in [3.8, 4) is 0 Å². The van der Waals surface area contributed by atoms with E-state index in [1.807, 2.05) is 0 Å². The van der Waals surface area contributed by atoms with Gasteiger partial charge in [-0.3, -0.25) is 14.4 Å². The Morgan fingerprint density at radius 2 is 2.00 bits per heavy atom. The van der Waals surface area contributed by atoms with Crippen molar-refractivity contribution in [2.24, 2.45) is 0 Å². The molecule has 0 radical (unpaired) electrons. The minimum atomic E-state index is -0.956. The number of aliphatic hydroxyl groups excluding tert-OH is 1. The van der Waals surface area contributed by atoms with E-state index in [1.165, 1.54) is 0 Å². The van der Waals surface area contributed by atoms with Crippen LogP contribution in [0.4, 0.5) is 0 Å². The molecule has 0 rings (SSSR count). The molecule has 98 valence electrons. The summed E-state index contributed by atoms with van der Waals surface area (Å²) in [5.74, 6) is -0.623. The number of esters is 1. The summed E-state index contributed by atoms with van der Waals surface area (Å²) >= 11 is 0. The van der Waals surface area contributed by atoms with E-state index in [0.29, 0.717) is 19.3 Å². The van der Waals surface area contributed by atoms with Gasteiger partial charge in [0, 0.05) is 13.0 Å². The average molecular weight is 248 g/mol. The highest BCUT2D eigenvalue weighted by Gasteiger charge is 2.14. The second-order valence-corrected chi connectivity index (χ2v) is 3.09. The Balaban J connectivity index is 3.83. The van der Waals surface area contributed by atoms with Gasteiger partial charge in [0.05, 0.1) is 6.42 Å². The molecular formula is C10H16O7. The van der Waals surface area contributed by atoms with Crippen molar-refractivity contribution in [3.63, 3.8) is 0 Å². The van der Waals surface area contributed by atoms with Gasteiger partial charge in [-0.25, -0.2) is 0 Å². The Labute approximate surface area is 98.6 Å². The van der Waals surface area contributed by atoms with E-state index in [4.69, 9.17) is 9.84 Å². The summed E-state index contributed by atoms with van der Waals surface area (Å²) in [4.78, 5) is 31.1. The van der Waals surface area contributed by atoms with E-state index in [2.05, 4.69) is 9.47 Å². The number of hydrogen-bond acceptors (Lipinski definition) is 7. The van der Waals surface area contributed by atoms with Crippen molar-refractivity contribution in [2.45, 2.75) is 32.0 Å². The average Bonchev–Trinajstić information content (AvgIpc) is 2.30. The molecule has 0 saturated heterocycles. The minimum absolute atomic E-state index is 0.0227. The SMILES string of the molecule is O=COCCC(=O)OC(CCCCO)OC=O. The van der Waals surface area contributed by atoms with Gasteiger partial charge in [-0.1, -0.05) is 0 Å². The smallest absolute Gasteiger partial charge is 0.312 e. The van der Waals surface area contributed by atoms with Crippen LogP contribution in [-0.4, -0.2) is 43.5 Å². The van der Waals surface area contributed by atoms with Gasteiger partial charge < -0.3 is 19.3 Å². The summed E-state index contributed by atoms with van der Waals surface area (Å²) in [5.41, 5.74) is 0. The Kier molecular flexibility index (Phi) is 9.83. The third-order valence-electron chi connectivity index (χ3n) is 1.81. The van der Waals surface area contributed by atoms with Crippen LogP contribution < -0.4 is 0 Å². The zero-order chi connectivity index (χ0) is 12.9. The van der Waals surface area contributed by atoms with Crippen molar-refractivity contribution in [1.29, 1.82) is 0 Å². The maximum absolute atomic E-state index is 11.2. The number of aliphatic hydroxyl groups is 1. The molecule has 0 aliphatic rings. The number of carbonyl (C=O) groups excluding carboxylic acids is 3. The van der Waals surface area contributed by atoms with Crippen LogP contribution in [-0.2, 0) is 28.6 Å². The lowest BCUT2D eigenvalue weighted by atomic mass is 10.2. The van der Waals surface area contributed by atoms with Crippen LogP contribution in [0.15, 0.2) is 0 Å². The van der Waals surface area contributed by atoms with Gasteiger partial charge >= 0.3 is 5.97 Å².